The number of fused-ring (bicyclic) bond motifs is 1. The molecule has 9 nitrogen and oxygen atoms in total. The molecule has 2 aromatic carbocycles. The smallest absolute Gasteiger partial charge is 0.393 e. The summed E-state index contributed by atoms with van der Waals surface area (Å²) in [6.07, 6.45) is -1.69. The Bertz CT molecular complexity index is 1800. The molecule has 3 N–H and O–H groups in total. The number of amides is 1. The highest BCUT2D eigenvalue weighted by atomic mass is 32.2. The van der Waals surface area contributed by atoms with Crippen LogP contribution in [-0.4, -0.2) is 64.9 Å². The third-order valence-electron chi connectivity index (χ3n) is 7.44. The molecule has 15 heteroatoms. The molecule has 4 rings (SSSR count). The molecule has 0 atom stereocenters. The molecule has 0 saturated heterocycles. The fraction of sp³-hybridized carbons (Fsp3) is 0.419. The van der Waals surface area contributed by atoms with Gasteiger partial charge in [-0.1, -0.05) is 24.0 Å². The summed E-state index contributed by atoms with van der Waals surface area (Å²) < 4.78 is 88.2. The fourth-order valence-electron chi connectivity index (χ4n) is 5.33. The number of anilines is 2. The quantitative estimate of drug-likeness (QED) is 0.138. The SMILES string of the molecule is [C-]#[N+]COc1cc(S(=O)(=O)NC(C)=O)c(F)cc1NCC#Cc1sc2c(NC3CCC(N(C)C)CC3)cccc2c1CC(F)(F)F. The summed E-state index contributed by atoms with van der Waals surface area (Å²) in [5.41, 5.74) is 0.788. The highest BCUT2D eigenvalue weighted by Gasteiger charge is 2.31. The van der Waals surface area contributed by atoms with Crippen molar-refractivity contribution in [1.82, 2.24) is 9.62 Å². The predicted octanol–water partition coefficient (Wildman–Crippen LogP) is 5.97. The van der Waals surface area contributed by atoms with Crippen LogP contribution in [0.5, 0.6) is 5.75 Å². The standard InChI is InChI=1S/C31H33F4N5O4S2/c1-19(41)39-46(42,43)29-16-27(44-18-36-2)26(15-24(29)32)37-14-6-9-28-23(17-31(33,34)35)22-7-5-8-25(30(22)45-28)38-20-10-12-21(13-11-20)40(3)4/h5,7-8,15-16,20-21,37-38H,10-14,17-18H2,1,3-4H3,(H,39,41). The van der Waals surface area contributed by atoms with Gasteiger partial charge in [-0.05, 0) is 56.8 Å². The van der Waals surface area contributed by atoms with Crippen molar-refractivity contribution in [2.24, 2.45) is 0 Å². The van der Waals surface area contributed by atoms with Crippen LogP contribution in [0.3, 0.4) is 0 Å². The van der Waals surface area contributed by atoms with Crippen molar-refractivity contribution in [3.63, 3.8) is 0 Å². The normalized spacial score (nSPS) is 16.8. The molecule has 1 aliphatic rings. The Hall–Kier alpha value is -4.05. The minimum absolute atomic E-state index is 0.0421. The van der Waals surface area contributed by atoms with Crippen molar-refractivity contribution in [2.45, 2.75) is 62.2 Å². The first kappa shape index (κ1) is 34.8. The number of halogens is 4. The lowest BCUT2D eigenvalue weighted by Crippen LogP contribution is -2.36. The number of carbonyl (C=O) groups is 1. The maximum Gasteiger partial charge on any atom is 0.393 e. The van der Waals surface area contributed by atoms with Crippen LogP contribution in [0.4, 0.5) is 28.9 Å². The van der Waals surface area contributed by atoms with Crippen LogP contribution in [0.2, 0.25) is 0 Å². The molecule has 0 radical (unpaired) electrons. The van der Waals surface area contributed by atoms with Crippen LogP contribution in [-0.2, 0) is 21.2 Å². The number of hydrogen-bond donors (Lipinski definition) is 3. The van der Waals surface area contributed by atoms with Gasteiger partial charge in [0, 0.05) is 31.1 Å². The van der Waals surface area contributed by atoms with Crippen LogP contribution in [0.15, 0.2) is 35.2 Å². The largest absolute Gasteiger partial charge is 0.424 e. The van der Waals surface area contributed by atoms with Gasteiger partial charge >= 0.3 is 12.9 Å². The van der Waals surface area contributed by atoms with Gasteiger partial charge in [0.2, 0.25) is 5.91 Å². The van der Waals surface area contributed by atoms with E-state index in [1.807, 2.05) is 6.07 Å². The van der Waals surface area contributed by atoms with Crippen LogP contribution >= 0.6 is 11.3 Å². The first-order valence-electron chi connectivity index (χ1n) is 14.3. The molecule has 1 aromatic heterocycles. The molecule has 246 valence electrons. The highest BCUT2D eigenvalue weighted by Crippen LogP contribution is 2.40. The van der Waals surface area contributed by atoms with Gasteiger partial charge in [-0.15, -0.1) is 11.3 Å². The van der Waals surface area contributed by atoms with Gasteiger partial charge < -0.3 is 20.3 Å². The van der Waals surface area contributed by atoms with E-state index < -0.39 is 46.0 Å². The number of benzene rings is 2. The Morgan fingerprint density at radius 2 is 1.89 bits per heavy atom. The molecule has 3 aromatic rings. The van der Waals surface area contributed by atoms with Crippen LogP contribution < -0.4 is 20.1 Å². The highest BCUT2D eigenvalue weighted by molar-refractivity contribution is 7.90. The second kappa shape index (κ2) is 14.6. The van der Waals surface area contributed by atoms with Crippen LogP contribution in [0, 0.1) is 24.2 Å². The molecule has 1 saturated carbocycles. The zero-order valence-corrected chi connectivity index (χ0v) is 27.0. The zero-order valence-electron chi connectivity index (χ0n) is 25.3. The summed E-state index contributed by atoms with van der Waals surface area (Å²) in [6, 6.07) is 7.60. The summed E-state index contributed by atoms with van der Waals surface area (Å²) in [5, 5.41) is 6.79. The van der Waals surface area contributed by atoms with Gasteiger partial charge in [-0.3, -0.25) is 9.64 Å². The summed E-state index contributed by atoms with van der Waals surface area (Å²) in [5.74, 6) is 3.27. The van der Waals surface area contributed by atoms with E-state index in [9.17, 15) is 30.8 Å². The third-order valence-corrected chi connectivity index (χ3v) is 10.1. The summed E-state index contributed by atoms with van der Waals surface area (Å²) in [7, 11) is -0.433. The lowest BCUT2D eigenvalue weighted by molar-refractivity contribution is -0.127. The zero-order chi connectivity index (χ0) is 33.6. The van der Waals surface area contributed by atoms with Gasteiger partial charge in [-0.2, -0.15) is 13.2 Å². The number of hydrogen-bond acceptors (Lipinski definition) is 8. The van der Waals surface area contributed by atoms with Crippen molar-refractivity contribution in [3.8, 4) is 17.6 Å². The van der Waals surface area contributed by atoms with Gasteiger partial charge in [0.25, 0.3) is 10.0 Å². The summed E-state index contributed by atoms with van der Waals surface area (Å²) >= 11 is 1.17. The fourth-order valence-corrected chi connectivity index (χ4v) is 7.56. The van der Waals surface area contributed by atoms with E-state index in [1.165, 1.54) is 11.3 Å². The number of carbonyl (C=O) groups excluding carboxylic acids is 1. The number of ether oxygens (including phenoxy) is 1. The Balaban J connectivity index is 1.60. The molecule has 0 bridgehead atoms. The maximum atomic E-state index is 14.8. The maximum absolute atomic E-state index is 14.8. The lowest BCUT2D eigenvalue weighted by atomic mass is 9.90. The van der Waals surface area contributed by atoms with E-state index in [1.54, 1.807) is 16.9 Å². The van der Waals surface area contributed by atoms with E-state index >= 15 is 0 Å². The predicted molar refractivity (Wildman–Crippen MR) is 170 cm³/mol. The van der Waals surface area contributed by atoms with Crippen molar-refractivity contribution in [1.29, 1.82) is 0 Å². The van der Waals surface area contributed by atoms with Gasteiger partial charge in [-0.25, -0.2) is 24.1 Å². The van der Waals surface area contributed by atoms with E-state index in [2.05, 4.69) is 46.3 Å². The van der Waals surface area contributed by atoms with E-state index in [-0.39, 0.29) is 34.5 Å². The molecule has 0 spiro atoms. The van der Waals surface area contributed by atoms with Gasteiger partial charge in [0.15, 0.2) is 5.75 Å². The monoisotopic (exact) mass is 679 g/mol. The van der Waals surface area contributed by atoms with E-state index in [0.717, 1.165) is 50.4 Å². The Labute approximate surface area is 269 Å². The molecule has 1 heterocycles. The van der Waals surface area contributed by atoms with Crippen LogP contribution in [0.25, 0.3) is 14.9 Å². The summed E-state index contributed by atoms with van der Waals surface area (Å²) in [4.78, 5) is 15.9. The molecule has 0 unspecified atom stereocenters. The van der Waals surface area contributed by atoms with Crippen molar-refractivity contribution >= 4 is 48.7 Å². The number of nitrogens with zero attached hydrogens (tertiary/aromatic N) is 2. The molecule has 1 fully saturated rings. The molecule has 1 amide bonds. The van der Waals surface area contributed by atoms with Crippen molar-refractivity contribution in [2.75, 3.05) is 38.0 Å². The minimum atomic E-state index is -4.55. The van der Waals surface area contributed by atoms with Crippen LogP contribution in [0.1, 0.15) is 43.0 Å². The number of alkyl halides is 3. The Morgan fingerprint density at radius 1 is 1.17 bits per heavy atom. The van der Waals surface area contributed by atoms with Gasteiger partial charge in [0.1, 0.15) is 10.7 Å². The van der Waals surface area contributed by atoms with Crippen molar-refractivity contribution < 1.29 is 35.5 Å². The molecule has 1 aliphatic carbocycles. The van der Waals surface area contributed by atoms with Crippen molar-refractivity contribution in [3.05, 3.63) is 58.0 Å². The minimum Gasteiger partial charge on any atom is -0.424 e. The topological polar surface area (TPSA) is 104 Å². The summed E-state index contributed by atoms with van der Waals surface area (Å²) in [6.45, 7) is 7.22. The number of sulfonamides is 1. The molecule has 46 heavy (non-hydrogen) atoms. The first-order chi connectivity index (χ1) is 21.7. The number of nitrogens with one attached hydrogen (secondary N) is 3. The second-order valence-electron chi connectivity index (χ2n) is 11.0. The molecular weight excluding hydrogens is 646 g/mol. The average molecular weight is 680 g/mol. The lowest BCUT2D eigenvalue weighted by Gasteiger charge is -2.33. The third kappa shape index (κ3) is 8.81. The molecule has 0 aliphatic heterocycles. The Morgan fingerprint density at radius 3 is 2.52 bits per heavy atom. The average Bonchev–Trinajstić information content (AvgIpc) is 3.30. The number of thiophene rings is 1. The van der Waals surface area contributed by atoms with E-state index in [4.69, 9.17) is 11.3 Å². The second-order valence-corrected chi connectivity index (χ2v) is 13.7. The molecular formula is C31H33F4N5O4S2. The van der Waals surface area contributed by atoms with Gasteiger partial charge in [0.05, 0.1) is 33.9 Å². The first-order valence-corrected chi connectivity index (χ1v) is 16.6. The number of rotatable bonds is 10. The van der Waals surface area contributed by atoms with E-state index in [0.29, 0.717) is 16.1 Å². The Kier molecular flexibility index (Phi) is 11.0.